The number of hydrogen-bond acceptors (Lipinski definition) is 5. The van der Waals surface area contributed by atoms with E-state index >= 15 is 0 Å². The number of rotatable bonds is 8. The lowest BCUT2D eigenvalue weighted by Gasteiger charge is -2.32. The third kappa shape index (κ3) is 5.63. The largest absolute Gasteiger partial charge is 0.353 e. The van der Waals surface area contributed by atoms with E-state index in [1.165, 1.54) is 18.0 Å². The molecule has 7 nitrogen and oxygen atoms in total. The van der Waals surface area contributed by atoms with Crippen molar-refractivity contribution in [3.05, 3.63) is 60.2 Å². The van der Waals surface area contributed by atoms with Gasteiger partial charge in [0.15, 0.2) is 0 Å². The zero-order valence-electron chi connectivity index (χ0n) is 17.2. The molecule has 2 amide bonds. The maximum atomic E-state index is 12.7. The molecule has 0 radical (unpaired) electrons. The maximum Gasteiger partial charge on any atom is 0.274 e. The monoisotopic (exact) mass is 407 g/mol. The van der Waals surface area contributed by atoms with E-state index in [4.69, 9.17) is 0 Å². The van der Waals surface area contributed by atoms with Gasteiger partial charge in [0, 0.05) is 57.1 Å². The normalized spacial score (nSPS) is 17.5. The Bertz CT molecular complexity index is 833. The summed E-state index contributed by atoms with van der Waals surface area (Å²) in [6.07, 6.45) is 8.80. The van der Waals surface area contributed by atoms with Crippen molar-refractivity contribution in [3.8, 4) is 0 Å². The van der Waals surface area contributed by atoms with Crippen LogP contribution in [0.15, 0.2) is 48.9 Å². The van der Waals surface area contributed by atoms with Crippen molar-refractivity contribution in [2.75, 3.05) is 19.6 Å². The molecule has 2 aliphatic rings. The summed E-state index contributed by atoms with van der Waals surface area (Å²) < 4.78 is 0. The lowest BCUT2D eigenvalue weighted by Crippen LogP contribution is -2.45. The topological polar surface area (TPSA) is 78.4 Å². The predicted octanol–water partition coefficient (Wildman–Crippen LogP) is 2.25. The number of carbonyl (C=O) groups excluding carboxylic acids is 2. The molecule has 0 spiro atoms. The highest BCUT2D eigenvalue weighted by Gasteiger charge is 2.34. The Morgan fingerprint density at radius 2 is 1.83 bits per heavy atom. The van der Waals surface area contributed by atoms with Crippen molar-refractivity contribution in [1.82, 2.24) is 25.1 Å². The molecular weight excluding hydrogens is 378 g/mol. The van der Waals surface area contributed by atoms with Gasteiger partial charge in [-0.2, -0.15) is 0 Å². The third-order valence-electron chi connectivity index (χ3n) is 5.81. The van der Waals surface area contributed by atoms with E-state index in [1.807, 2.05) is 6.07 Å². The number of aromatic nitrogens is 2. The van der Waals surface area contributed by atoms with Crippen molar-refractivity contribution in [2.24, 2.45) is 0 Å². The van der Waals surface area contributed by atoms with Crippen molar-refractivity contribution >= 4 is 11.8 Å². The fourth-order valence-corrected chi connectivity index (χ4v) is 3.99. The average Bonchev–Trinajstić information content (AvgIpc) is 3.62. The Kier molecular flexibility index (Phi) is 6.69. The SMILES string of the molecule is O=C(CCN(C(=O)c1cnccn1)C1CC1)NC1CCN(Cc2ccccc2)CC1. The van der Waals surface area contributed by atoms with Gasteiger partial charge >= 0.3 is 0 Å². The van der Waals surface area contributed by atoms with E-state index in [9.17, 15) is 9.59 Å². The van der Waals surface area contributed by atoms with Crippen LogP contribution in [0, 0.1) is 0 Å². The van der Waals surface area contributed by atoms with Gasteiger partial charge in [-0.05, 0) is 31.2 Å². The lowest BCUT2D eigenvalue weighted by molar-refractivity contribution is -0.122. The number of nitrogens with zero attached hydrogens (tertiary/aromatic N) is 4. The summed E-state index contributed by atoms with van der Waals surface area (Å²) in [6.45, 7) is 3.36. The molecule has 2 fully saturated rings. The molecule has 0 unspecified atom stereocenters. The van der Waals surface area contributed by atoms with Gasteiger partial charge in [-0.15, -0.1) is 0 Å². The first-order valence-electron chi connectivity index (χ1n) is 10.8. The van der Waals surface area contributed by atoms with Gasteiger partial charge in [-0.1, -0.05) is 30.3 Å². The molecular formula is C23H29N5O2. The second-order valence-electron chi connectivity index (χ2n) is 8.17. The summed E-state index contributed by atoms with van der Waals surface area (Å²) in [5, 5.41) is 3.17. The molecule has 4 rings (SSSR count). The fraction of sp³-hybridized carbons (Fsp3) is 0.478. The smallest absolute Gasteiger partial charge is 0.274 e. The summed E-state index contributed by atoms with van der Waals surface area (Å²) in [6, 6.07) is 10.9. The van der Waals surface area contributed by atoms with Crippen molar-refractivity contribution in [1.29, 1.82) is 0 Å². The maximum absolute atomic E-state index is 12.7. The lowest BCUT2D eigenvalue weighted by atomic mass is 10.0. The zero-order chi connectivity index (χ0) is 20.8. The first kappa shape index (κ1) is 20.5. The molecule has 158 valence electrons. The Morgan fingerprint density at radius 3 is 2.50 bits per heavy atom. The van der Waals surface area contributed by atoms with Gasteiger partial charge in [-0.3, -0.25) is 19.5 Å². The molecule has 2 heterocycles. The third-order valence-corrected chi connectivity index (χ3v) is 5.81. The van der Waals surface area contributed by atoms with Crippen LogP contribution in [0.25, 0.3) is 0 Å². The summed E-state index contributed by atoms with van der Waals surface area (Å²) in [5.41, 5.74) is 1.67. The van der Waals surface area contributed by atoms with Gasteiger partial charge in [-0.25, -0.2) is 4.98 Å². The Balaban J connectivity index is 1.20. The van der Waals surface area contributed by atoms with Crippen LogP contribution in [0.3, 0.4) is 0 Å². The van der Waals surface area contributed by atoms with Crippen molar-refractivity contribution in [2.45, 2.75) is 50.7 Å². The Labute approximate surface area is 177 Å². The van der Waals surface area contributed by atoms with Crippen LogP contribution >= 0.6 is 0 Å². The number of piperidine rings is 1. The average molecular weight is 408 g/mol. The first-order valence-corrected chi connectivity index (χ1v) is 10.8. The Morgan fingerprint density at radius 1 is 1.07 bits per heavy atom. The summed E-state index contributed by atoms with van der Waals surface area (Å²) in [5.74, 6) is -0.110. The van der Waals surface area contributed by atoms with Crippen LogP contribution < -0.4 is 5.32 Å². The van der Waals surface area contributed by atoms with Crippen LogP contribution in [0.1, 0.15) is 48.2 Å². The second-order valence-corrected chi connectivity index (χ2v) is 8.17. The standard InChI is InChI=1S/C23H29N5O2/c29-22(10-15-28(20-6-7-20)23(30)21-16-24-11-12-25-21)26-19-8-13-27(14-9-19)17-18-4-2-1-3-5-18/h1-5,11-12,16,19-20H,6-10,13-15,17H2,(H,26,29). The second kappa shape index (κ2) is 9.80. The van der Waals surface area contributed by atoms with E-state index in [0.29, 0.717) is 18.7 Å². The minimum atomic E-state index is -0.132. The van der Waals surface area contributed by atoms with Gasteiger partial charge in [0.1, 0.15) is 5.69 Å². The van der Waals surface area contributed by atoms with E-state index in [1.54, 1.807) is 11.1 Å². The minimum Gasteiger partial charge on any atom is -0.353 e. The number of nitrogens with one attached hydrogen (secondary N) is 1. The van der Waals surface area contributed by atoms with Gasteiger partial charge in [0.2, 0.25) is 5.91 Å². The highest BCUT2D eigenvalue weighted by atomic mass is 16.2. The molecule has 2 aromatic rings. The number of carbonyl (C=O) groups is 2. The molecule has 1 saturated heterocycles. The van der Waals surface area contributed by atoms with E-state index in [0.717, 1.165) is 45.3 Å². The number of amides is 2. The van der Waals surface area contributed by atoms with Gasteiger partial charge in [0.05, 0.1) is 6.20 Å². The van der Waals surface area contributed by atoms with E-state index < -0.39 is 0 Å². The molecule has 1 aromatic heterocycles. The summed E-state index contributed by atoms with van der Waals surface area (Å²) in [4.78, 5) is 37.5. The van der Waals surface area contributed by atoms with Crippen molar-refractivity contribution in [3.63, 3.8) is 0 Å². The molecule has 1 aromatic carbocycles. The van der Waals surface area contributed by atoms with E-state index in [2.05, 4.69) is 44.5 Å². The Hall–Kier alpha value is -2.80. The molecule has 1 N–H and O–H groups in total. The first-order chi connectivity index (χ1) is 14.7. The quantitative estimate of drug-likeness (QED) is 0.726. The van der Waals surface area contributed by atoms with Crippen LogP contribution in [-0.2, 0) is 11.3 Å². The van der Waals surface area contributed by atoms with Crippen LogP contribution in [0.2, 0.25) is 0 Å². The summed E-state index contributed by atoms with van der Waals surface area (Å²) >= 11 is 0. The number of likely N-dealkylation sites (tertiary alicyclic amines) is 1. The molecule has 1 aliphatic heterocycles. The predicted molar refractivity (Wildman–Crippen MR) is 114 cm³/mol. The van der Waals surface area contributed by atoms with Gasteiger partial charge in [0.25, 0.3) is 5.91 Å². The molecule has 7 heteroatoms. The summed E-state index contributed by atoms with van der Waals surface area (Å²) in [7, 11) is 0. The van der Waals surface area contributed by atoms with E-state index in [-0.39, 0.29) is 23.9 Å². The fourth-order valence-electron chi connectivity index (χ4n) is 3.99. The molecule has 1 saturated carbocycles. The molecule has 1 aliphatic carbocycles. The zero-order valence-corrected chi connectivity index (χ0v) is 17.2. The van der Waals surface area contributed by atoms with Gasteiger partial charge < -0.3 is 10.2 Å². The molecule has 0 bridgehead atoms. The highest BCUT2D eigenvalue weighted by Crippen LogP contribution is 2.28. The molecule has 30 heavy (non-hydrogen) atoms. The van der Waals surface area contributed by atoms with Crippen LogP contribution in [0.5, 0.6) is 0 Å². The number of benzene rings is 1. The van der Waals surface area contributed by atoms with Crippen LogP contribution in [0.4, 0.5) is 0 Å². The number of hydrogen-bond donors (Lipinski definition) is 1. The minimum absolute atomic E-state index is 0.0223. The van der Waals surface area contributed by atoms with Crippen molar-refractivity contribution < 1.29 is 9.59 Å². The highest BCUT2D eigenvalue weighted by molar-refractivity contribution is 5.92. The molecule has 0 atom stereocenters. The van der Waals surface area contributed by atoms with Crippen LogP contribution in [-0.4, -0.2) is 63.3 Å².